The molecule has 1 saturated heterocycles. The van der Waals surface area contributed by atoms with E-state index in [1.165, 1.54) is 0 Å². The largest absolute Gasteiger partial charge is 0.336 e. The van der Waals surface area contributed by atoms with Gasteiger partial charge in [0.15, 0.2) is 0 Å². The average Bonchev–Trinajstić information content (AvgIpc) is 2.14. The van der Waals surface area contributed by atoms with Crippen molar-refractivity contribution in [1.82, 2.24) is 10.2 Å². The summed E-state index contributed by atoms with van der Waals surface area (Å²) in [7, 11) is 1.87. The van der Waals surface area contributed by atoms with Gasteiger partial charge in [-0.25, -0.2) is 0 Å². The third-order valence-corrected chi connectivity index (χ3v) is 3.54. The molecule has 4 heteroatoms. The van der Waals surface area contributed by atoms with Crippen molar-refractivity contribution in [2.45, 2.75) is 13.0 Å². The molecule has 0 unspecified atom stereocenters. The van der Waals surface area contributed by atoms with Crippen molar-refractivity contribution in [1.29, 1.82) is 0 Å². The van der Waals surface area contributed by atoms with Crippen molar-refractivity contribution < 1.29 is 4.79 Å². The number of carbonyl (C=O) groups excluding carboxylic acids is 1. The molecule has 1 aromatic carbocycles. The molecule has 1 amide bonds. The first-order chi connectivity index (χ1) is 7.59. The molecule has 0 radical (unpaired) electrons. The smallest absolute Gasteiger partial charge is 0.254 e. The Morgan fingerprint density at radius 3 is 2.69 bits per heavy atom. The van der Waals surface area contributed by atoms with Gasteiger partial charge in [-0.1, -0.05) is 15.9 Å². The fourth-order valence-corrected chi connectivity index (χ4v) is 2.25. The van der Waals surface area contributed by atoms with Gasteiger partial charge in [0.05, 0.1) is 6.04 Å². The lowest BCUT2D eigenvalue weighted by Gasteiger charge is -2.35. The molecule has 0 aromatic heterocycles. The van der Waals surface area contributed by atoms with Crippen LogP contribution in [-0.2, 0) is 0 Å². The lowest BCUT2D eigenvalue weighted by Crippen LogP contribution is -2.57. The van der Waals surface area contributed by atoms with Crippen LogP contribution in [0, 0.1) is 6.92 Å². The molecule has 1 heterocycles. The summed E-state index contributed by atoms with van der Waals surface area (Å²) < 4.78 is 1.01. The summed E-state index contributed by atoms with van der Waals surface area (Å²) in [6, 6.07) is 6.10. The van der Waals surface area contributed by atoms with Crippen LogP contribution in [-0.4, -0.2) is 37.0 Å². The molecular weight excluding hydrogens is 268 g/mol. The first kappa shape index (κ1) is 11.6. The summed E-state index contributed by atoms with van der Waals surface area (Å²) in [4.78, 5) is 14.0. The number of nitrogens with zero attached hydrogens (tertiary/aromatic N) is 1. The monoisotopic (exact) mass is 282 g/mol. The van der Waals surface area contributed by atoms with Crippen LogP contribution in [0.25, 0.3) is 0 Å². The van der Waals surface area contributed by atoms with Crippen LogP contribution in [0.2, 0.25) is 0 Å². The highest BCUT2D eigenvalue weighted by Gasteiger charge is 2.26. The summed E-state index contributed by atoms with van der Waals surface area (Å²) in [5, 5.41) is 3.17. The van der Waals surface area contributed by atoms with Crippen LogP contribution in [0.4, 0.5) is 0 Å². The zero-order chi connectivity index (χ0) is 11.7. The van der Waals surface area contributed by atoms with Crippen molar-refractivity contribution in [3.63, 3.8) is 0 Å². The van der Waals surface area contributed by atoms with Crippen molar-refractivity contribution in [3.8, 4) is 0 Å². The number of amides is 1. The molecule has 0 aliphatic carbocycles. The Morgan fingerprint density at radius 1 is 1.50 bits per heavy atom. The Bertz CT molecular complexity index is 415. The summed E-state index contributed by atoms with van der Waals surface area (Å²) in [5.74, 6) is 0.108. The number of halogens is 1. The molecule has 0 saturated carbocycles. The molecule has 1 aliphatic rings. The molecule has 2 rings (SSSR count). The highest BCUT2D eigenvalue weighted by molar-refractivity contribution is 9.10. The zero-order valence-electron chi connectivity index (χ0n) is 9.46. The predicted octanol–water partition coefficient (Wildman–Crippen LogP) is 1.80. The molecule has 86 valence electrons. The third kappa shape index (κ3) is 2.13. The van der Waals surface area contributed by atoms with Gasteiger partial charge in [-0.05, 0) is 30.7 Å². The number of benzene rings is 1. The van der Waals surface area contributed by atoms with Gasteiger partial charge in [0.25, 0.3) is 5.91 Å². The molecule has 16 heavy (non-hydrogen) atoms. The van der Waals surface area contributed by atoms with Crippen LogP contribution < -0.4 is 5.32 Å². The molecule has 3 nitrogen and oxygen atoms in total. The van der Waals surface area contributed by atoms with E-state index >= 15 is 0 Å². The second kappa shape index (κ2) is 4.55. The molecule has 0 atom stereocenters. The van der Waals surface area contributed by atoms with Gasteiger partial charge in [0, 0.05) is 30.2 Å². The molecular formula is C12H15BrN2O. The molecule has 0 bridgehead atoms. The van der Waals surface area contributed by atoms with Crippen LogP contribution in [0.1, 0.15) is 15.9 Å². The van der Waals surface area contributed by atoms with Crippen molar-refractivity contribution in [3.05, 3.63) is 33.8 Å². The van der Waals surface area contributed by atoms with Gasteiger partial charge in [-0.15, -0.1) is 0 Å². The second-order valence-electron chi connectivity index (χ2n) is 4.19. The number of aryl methyl sites for hydroxylation is 1. The standard InChI is InChI=1S/C12H15BrN2O/c1-8-5-9(13)3-4-11(8)12(16)15(2)10-6-14-7-10/h3-5,10,14H,6-7H2,1-2H3. The van der Waals surface area contributed by atoms with Gasteiger partial charge in [0.1, 0.15) is 0 Å². The first-order valence-corrected chi connectivity index (χ1v) is 6.13. The highest BCUT2D eigenvalue weighted by Crippen LogP contribution is 2.18. The maximum absolute atomic E-state index is 12.2. The Hall–Kier alpha value is -0.870. The summed E-state index contributed by atoms with van der Waals surface area (Å²) in [6.45, 7) is 3.76. The molecule has 0 spiro atoms. The van der Waals surface area contributed by atoms with Crippen molar-refractivity contribution in [2.75, 3.05) is 20.1 Å². The number of likely N-dealkylation sites (N-methyl/N-ethyl adjacent to an activating group) is 1. The van der Waals surface area contributed by atoms with Crippen LogP contribution >= 0.6 is 15.9 Å². The minimum atomic E-state index is 0.108. The first-order valence-electron chi connectivity index (χ1n) is 5.33. The van der Waals surface area contributed by atoms with Crippen LogP contribution in [0.3, 0.4) is 0 Å². The number of nitrogens with one attached hydrogen (secondary N) is 1. The lowest BCUT2D eigenvalue weighted by atomic mass is 10.1. The Kier molecular flexibility index (Phi) is 3.30. The number of rotatable bonds is 2. The lowest BCUT2D eigenvalue weighted by molar-refractivity contribution is 0.0680. The van der Waals surface area contributed by atoms with E-state index in [0.717, 1.165) is 28.7 Å². The van der Waals surface area contributed by atoms with Crippen LogP contribution in [0.5, 0.6) is 0 Å². The Balaban J connectivity index is 2.19. The topological polar surface area (TPSA) is 32.3 Å². The van der Waals surface area contributed by atoms with Gasteiger partial charge in [-0.2, -0.15) is 0 Å². The van der Waals surface area contributed by atoms with Gasteiger partial charge in [0.2, 0.25) is 0 Å². The van der Waals surface area contributed by atoms with Crippen LogP contribution in [0.15, 0.2) is 22.7 Å². The third-order valence-electron chi connectivity index (χ3n) is 3.05. The van der Waals surface area contributed by atoms with E-state index in [4.69, 9.17) is 0 Å². The quantitative estimate of drug-likeness (QED) is 0.897. The summed E-state index contributed by atoms with van der Waals surface area (Å²) in [5.41, 5.74) is 1.80. The van der Waals surface area contributed by atoms with E-state index < -0.39 is 0 Å². The molecule has 1 fully saturated rings. The Morgan fingerprint density at radius 2 is 2.19 bits per heavy atom. The highest BCUT2D eigenvalue weighted by atomic mass is 79.9. The number of hydrogen-bond donors (Lipinski definition) is 1. The van der Waals surface area contributed by atoms with Crippen molar-refractivity contribution >= 4 is 21.8 Å². The van der Waals surface area contributed by atoms with E-state index in [2.05, 4.69) is 21.2 Å². The predicted molar refractivity (Wildman–Crippen MR) is 67.6 cm³/mol. The fraction of sp³-hybridized carbons (Fsp3) is 0.417. The maximum Gasteiger partial charge on any atom is 0.254 e. The normalized spacial score (nSPS) is 15.7. The second-order valence-corrected chi connectivity index (χ2v) is 5.10. The minimum Gasteiger partial charge on any atom is -0.336 e. The SMILES string of the molecule is Cc1cc(Br)ccc1C(=O)N(C)C1CNC1. The minimum absolute atomic E-state index is 0.108. The maximum atomic E-state index is 12.2. The molecule has 1 aromatic rings. The van der Waals surface area contributed by atoms with E-state index in [1.54, 1.807) is 0 Å². The number of hydrogen-bond acceptors (Lipinski definition) is 2. The van der Waals surface area contributed by atoms with E-state index in [-0.39, 0.29) is 5.91 Å². The fourth-order valence-electron chi connectivity index (χ4n) is 1.77. The molecule has 1 aliphatic heterocycles. The zero-order valence-corrected chi connectivity index (χ0v) is 11.0. The summed E-state index contributed by atoms with van der Waals surface area (Å²) in [6.07, 6.45) is 0. The van der Waals surface area contributed by atoms with Gasteiger partial charge >= 0.3 is 0 Å². The van der Waals surface area contributed by atoms with E-state index in [0.29, 0.717) is 6.04 Å². The molecule has 1 N–H and O–H groups in total. The van der Waals surface area contributed by atoms with E-state index in [1.807, 2.05) is 37.1 Å². The van der Waals surface area contributed by atoms with Gasteiger partial charge < -0.3 is 10.2 Å². The average molecular weight is 283 g/mol. The van der Waals surface area contributed by atoms with Gasteiger partial charge in [-0.3, -0.25) is 4.79 Å². The van der Waals surface area contributed by atoms with E-state index in [9.17, 15) is 4.79 Å². The number of carbonyl (C=O) groups is 1. The summed E-state index contributed by atoms with van der Waals surface area (Å²) >= 11 is 3.40. The Labute approximate surface area is 104 Å². The van der Waals surface area contributed by atoms with Crippen molar-refractivity contribution in [2.24, 2.45) is 0 Å².